The van der Waals surface area contributed by atoms with E-state index in [0.717, 1.165) is 36.6 Å². The van der Waals surface area contributed by atoms with Crippen LogP contribution < -0.4 is 10.6 Å². The minimum atomic E-state index is -0.989. The number of nitrogens with one attached hydrogen (secondary N) is 2. The van der Waals surface area contributed by atoms with E-state index in [-0.39, 0.29) is 36.1 Å². The van der Waals surface area contributed by atoms with Crippen LogP contribution in [0, 0.1) is 17.0 Å². The SMILES string of the molecule is CC(=O)NC(Cc1cc(F)cc(F)c1)C(O)CNCc1cc(CC(C)(C)C)ccc1C1CCN(C)C(=O)C1. The van der Waals surface area contributed by atoms with Gasteiger partial charge in [-0.05, 0) is 65.0 Å². The van der Waals surface area contributed by atoms with Crippen molar-refractivity contribution in [2.45, 2.75) is 78.0 Å². The van der Waals surface area contributed by atoms with E-state index in [0.29, 0.717) is 18.5 Å². The first-order valence-corrected chi connectivity index (χ1v) is 13.3. The van der Waals surface area contributed by atoms with Gasteiger partial charge in [0, 0.05) is 46.1 Å². The number of hydrogen-bond donors (Lipinski definition) is 3. The number of hydrogen-bond acceptors (Lipinski definition) is 4. The normalized spacial score (nSPS) is 17.8. The van der Waals surface area contributed by atoms with E-state index >= 15 is 0 Å². The highest BCUT2D eigenvalue weighted by Gasteiger charge is 2.27. The number of nitrogens with zero attached hydrogens (tertiary/aromatic N) is 1. The highest BCUT2D eigenvalue weighted by molar-refractivity contribution is 5.77. The lowest BCUT2D eigenvalue weighted by atomic mass is 9.83. The second-order valence-corrected chi connectivity index (χ2v) is 11.8. The molecule has 0 radical (unpaired) electrons. The van der Waals surface area contributed by atoms with Gasteiger partial charge in [0.15, 0.2) is 0 Å². The molecule has 2 aromatic carbocycles. The average Bonchev–Trinajstić information content (AvgIpc) is 2.78. The molecule has 0 saturated carbocycles. The molecule has 0 aliphatic carbocycles. The van der Waals surface area contributed by atoms with Crippen LogP contribution in [-0.4, -0.2) is 54.1 Å². The zero-order chi connectivity index (χ0) is 28.0. The fourth-order valence-corrected chi connectivity index (χ4v) is 5.17. The Balaban J connectivity index is 1.74. The molecule has 0 aromatic heterocycles. The van der Waals surface area contributed by atoms with E-state index in [2.05, 4.69) is 49.6 Å². The van der Waals surface area contributed by atoms with Gasteiger partial charge in [-0.25, -0.2) is 8.78 Å². The first-order chi connectivity index (χ1) is 17.8. The molecule has 3 rings (SSSR count). The van der Waals surface area contributed by atoms with Crippen LogP contribution in [-0.2, 0) is 29.0 Å². The van der Waals surface area contributed by atoms with Gasteiger partial charge in [-0.2, -0.15) is 0 Å². The fraction of sp³-hybridized carbons (Fsp3) is 0.533. The van der Waals surface area contributed by atoms with E-state index < -0.39 is 23.8 Å². The van der Waals surface area contributed by atoms with E-state index in [1.807, 2.05) is 7.05 Å². The maximum Gasteiger partial charge on any atom is 0.222 e. The number of aliphatic hydroxyl groups is 1. The highest BCUT2D eigenvalue weighted by atomic mass is 19.1. The third-order valence-electron chi connectivity index (χ3n) is 6.94. The van der Waals surface area contributed by atoms with Gasteiger partial charge in [0.1, 0.15) is 11.6 Å². The Kier molecular flexibility index (Phi) is 10.0. The van der Waals surface area contributed by atoms with Crippen LogP contribution in [0.1, 0.15) is 68.7 Å². The minimum Gasteiger partial charge on any atom is -0.390 e. The largest absolute Gasteiger partial charge is 0.390 e. The number of aliphatic hydroxyl groups excluding tert-OH is 1. The number of amides is 2. The third-order valence-corrected chi connectivity index (χ3v) is 6.94. The summed E-state index contributed by atoms with van der Waals surface area (Å²) in [7, 11) is 1.83. The molecule has 1 saturated heterocycles. The molecule has 8 heteroatoms. The molecule has 3 N–H and O–H groups in total. The fourth-order valence-electron chi connectivity index (χ4n) is 5.17. The van der Waals surface area contributed by atoms with Gasteiger partial charge < -0.3 is 20.6 Å². The van der Waals surface area contributed by atoms with Crippen LogP contribution in [0.3, 0.4) is 0 Å². The quantitative estimate of drug-likeness (QED) is 0.433. The molecule has 1 aliphatic heterocycles. The first kappa shape index (κ1) is 29.7. The maximum atomic E-state index is 13.7. The van der Waals surface area contributed by atoms with Gasteiger partial charge in [0.25, 0.3) is 0 Å². The summed E-state index contributed by atoms with van der Waals surface area (Å²) in [6, 6.07) is 8.94. The van der Waals surface area contributed by atoms with Gasteiger partial charge in [-0.3, -0.25) is 9.59 Å². The Labute approximate surface area is 224 Å². The van der Waals surface area contributed by atoms with Gasteiger partial charge in [-0.1, -0.05) is 39.0 Å². The van der Waals surface area contributed by atoms with Gasteiger partial charge in [0.2, 0.25) is 11.8 Å². The van der Waals surface area contributed by atoms with Crippen molar-refractivity contribution in [3.05, 3.63) is 70.3 Å². The average molecular weight is 530 g/mol. The summed E-state index contributed by atoms with van der Waals surface area (Å²) in [6.45, 7) is 9.28. The van der Waals surface area contributed by atoms with Crippen LogP contribution in [0.5, 0.6) is 0 Å². The Morgan fingerprint density at radius 1 is 1.13 bits per heavy atom. The molecule has 3 atom stereocenters. The summed E-state index contributed by atoms with van der Waals surface area (Å²) >= 11 is 0. The zero-order valence-corrected chi connectivity index (χ0v) is 23.1. The van der Waals surface area contributed by atoms with E-state index in [4.69, 9.17) is 0 Å². The van der Waals surface area contributed by atoms with Crippen LogP contribution in [0.25, 0.3) is 0 Å². The molecule has 0 spiro atoms. The lowest BCUT2D eigenvalue weighted by Crippen LogP contribution is -2.48. The second kappa shape index (κ2) is 12.8. The predicted molar refractivity (Wildman–Crippen MR) is 145 cm³/mol. The summed E-state index contributed by atoms with van der Waals surface area (Å²) in [4.78, 5) is 25.9. The Morgan fingerprint density at radius 2 is 1.82 bits per heavy atom. The van der Waals surface area contributed by atoms with Crippen molar-refractivity contribution in [1.82, 2.24) is 15.5 Å². The molecule has 1 aliphatic rings. The molecule has 6 nitrogen and oxygen atoms in total. The zero-order valence-electron chi connectivity index (χ0n) is 23.1. The number of benzene rings is 2. The summed E-state index contributed by atoms with van der Waals surface area (Å²) in [5.74, 6) is -1.47. The van der Waals surface area contributed by atoms with Gasteiger partial charge in [-0.15, -0.1) is 0 Å². The number of rotatable bonds is 10. The maximum absolute atomic E-state index is 13.7. The first-order valence-electron chi connectivity index (χ1n) is 13.3. The third kappa shape index (κ3) is 8.88. The molecule has 1 heterocycles. The van der Waals surface area contributed by atoms with Gasteiger partial charge >= 0.3 is 0 Å². The number of piperidine rings is 1. The highest BCUT2D eigenvalue weighted by Crippen LogP contribution is 2.32. The van der Waals surface area contributed by atoms with E-state index in [1.165, 1.54) is 24.6 Å². The van der Waals surface area contributed by atoms with Crippen molar-refractivity contribution in [2.24, 2.45) is 5.41 Å². The molecule has 2 amide bonds. The molecule has 0 bridgehead atoms. The molecule has 3 unspecified atom stereocenters. The van der Waals surface area contributed by atoms with Crippen LogP contribution >= 0.6 is 0 Å². The van der Waals surface area contributed by atoms with Crippen molar-refractivity contribution in [2.75, 3.05) is 20.1 Å². The van der Waals surface area contributed by atoms with Crippen LogP contribution in [0.2, 0.25) is 0 Å². The second-order valence-electron chi connectivity index (χ2n) is 11.8. The summed E-state index contributed by atoms with van der Waals surface area (Å²) in [6.07, 6.45) is 1.37. The van der Waals surface area contributed by atoms with Crippen molar-refractivity contribution >= 4 is 11.8 Å². The van der Waals surface area contributed by atoms with Crippen molar-refractivity contribution in [3.63, 3.8) is 0 Å². The Hall–Kier alpha value is -2.84. The van der Waals surface area contributed by atoms with Crippen molar-refractivity contribution < 1.29 is 23.5 Å². The molecule has 38 heavy (non-hydrogen) atoms. The molecular formula is C30H41F2N3O3. The number of likely N-dealkylation sites (tertiary alicyclic amines) is 1. The van der Waals surface area contributed by atoms with E-state index in [1.54, 1.807) is 4.90 Å². The smallest absolute Gasteiger partial charge is 0.222 e. The standard InChI is InChI=1S/C30H41F2N3O3/c1-19(36)34-27(13-21-11-24(31)15-25(32)12-21)28(37)18-33-17-23-10-20(16-30(2,3)4)6-7-26(23)22-8-9-35(5)29(38)14-22/h6-7,10-12,15,22,27-28,33,37H,8-9,13-14,16-18H2,1-5H3,(H,34,36). The monoisotopic (exact) mass is 529 g/mol. The molecule has 2 aromatic rings. The van der Waals surface area contributed by atoms with Crippen LogP contribution in [0.15, 0.2) is 36.4 Å². The molecule has 208 valence electrons. The molecular weight excluding hydrogens is 488 g/mol. The van der Waals surface area contributed by atoms with Gasteiger partial charge in [0.05, 0.1) is 12.1 Å². The van der Waals surface area contributed by atoms with Crippen molar-refractivity contribution in [3.8, 4) is 0 Å². The van der Waals surface area contributed by atoms with E-state index in [9.17, 15) is 23.5 Å². The minimum absolute atomic E-state index is 0.0845. The summed E-state index contributed by atoms with van der Waals surface area (Å²) < 4.78 is 27.4. The number of halogens is 2. The number of carbonyl (C=O) groups is 2. The van der Waals surface area contributed by atoms with Crippen molar-refractivity contribution in [1.29, 1.82) is 0 Å². The number of carbonyl (C=O) groups excluding carboxylic acids is 2. The molecule has 1 fully saturated rings. The summed E-state index contributed by atoms with van der Waals surface area (Å²) in [5, 5.41) is 16.9. The topological polar surface area (TPSA) is 81.7 Å². The predicted octanol–water partition coefficient (Wildman–Crippen LogP) is 4.09. The van der Waals surface area contributed by atoms with Crippen LogP contribution in [0.4, 0.5) is 8.78 Å². The lowest BCUT2D eigenvalue weighted by Gasteiger charge is -2.31. The Bertz CT molecular complexity index is 1110. The lowest BCUT2D eigenvalue weighted by molar-refractivity contribution is -0.132. The summed E-state index contributed by atoms with van der Waals surface area (Å²) in [5.41, 5.74) is 3.91. The Morgan fingerprint density at radius 3 is 2.42 bits per heavy atom.